The first-order valence-corrected chi connectivity index (χ1v) is 11.0. The van der Waals surface area contributed by atoms with Gasteiger partial charge in [0, 0.05) is 30.2 Å². The van der Waals surface area contributed by atoms with Crippen LogP contribution in [0.4, 0.5) is 0 Å². The average Bonchev–Trinajstić information content (AvgIpc) is 2.74. The average molecular weight is 410 g/mol. The number of carbonyl (C=O) groups excluding carboxylic acids is 1. The van der Waals surface area contributed by atoms with Crippen molar-refractivity contribution in [3.63, 3.8) is 0 Å². The van der Waals surface area contributed by atoms with E-state index >= 15 is 0 Å². The first-order valence-electron chi connectivity index (χ1n) is 9.57. The van der Waals surface area contributed by atoms with Crippen molar-refractivity contribution in [2.75, 3.05) is 13.1 Å². The number of sulfonamides is 1. The zero-order chi connectivity index (χ0) is 20.4. The van der Waals surface area contributed by atoms with Crippen molar-refractivity contribution < 1.29 is 17.9 Å². The van der Waals surface area contributed by atoms with Gasteiger partial charge in [0.05, 0.1) is 4.90 Å². The standard InChI is InChI=1S/C22H22N2O4S/c1-16(25)18-6-2-8-20(15-18)29(26,27)24-13-10-19(11-14-24)28-21-9-3-5-17-7-4-12-23-22(17)21/h2-9,12,15,19H,10-11,13-14H2,1H3. The molecule has 3 aromatic rings. The summed E-state index contributed by atoms with van der Waals surface area (Å²) in [7, 11) is -3.64. The second kappa shape index (κ2) is 7.93. The molecule has 1 aliphatic heterocycles. The molecule has 0 N–H and O–H groups in total. The zero-order valence-electron chi connectivity index (χ0n) is 16.1. The van der Waals surface area contributed by atoms with Crippen LogP contribution >= 0.6 is 0 Å². The number of para-hydroxylation sites is 1. The molecule has 0 radical (unpaired) electrons. The van der Waals surface area contributed by atoms with E-state index < -0.39 is 10.0 Å². The van der Waals surface area contributed by atoms with Gasteiger partial charge in [-0.3, -0.25) is 9.78 Å². The number of carbonyl (C=O) groups is 1. The molecule has 6 nitrogen and oxygen atoms in total. The van der Waals surface area contributed by atoms with Crippen LogP contribution < -0.4 is 4.74 Å². The summed E-state index contributed by atoms with van der Waals surface area (Å²) in [5, 5.41) is 1.01. The maximum atomic E-state index is 13.0. The van der Waals surface area contributed by atoms with Gasteiger partial charge in [-0.05, 0) is 44.0 Å². The Labute approximate surface area is 170 Å². The van der Waals surface area contributed by atoms with Crippen molar-refractivity contribution in [3.05, 3.63) is 66.4 Å². The molecule has 0 amide bonds. The topological polar surface area (TPSA) is 76.6 Å². The van der Waals surface area contributed by atoms with E-state index in [4.69, 9.17) is 4.74 Å². The lowest BCUT2D eigenvalue weighted by molar-refractivity contribution is 0.101. The van der Waals surface area contributed by atoms with Gasteiger partial charge < -0.3 is 4.74 Å². The van der Waals surface area contributed by atoms with E-state index in [9.17, 15) is 13.2 Å². The van der Waals surface area contributed by atoms with Crippen LogP contribution in [0, 0.1) is 0 Å². The highest BCUT2D eigenvalue weighted by molar-refractivity contribution is 7.89. The van der Waals surface area contributed by atoms with Crippen LogP contribution in [0.25, 0.3) is 10.9 Å². The van der Waals surface area contributed by atoms with Crippen LogP contribution in [-0.4, -0.2) is 42.7 Å². The highest BCUT2D eigenvalue weighted by atomic mass is 32.2. The molecular weight excluding hydrogens is 388 g/mol. The maximum absolute atomic E-state index is 13.0. The smallest absolute Gasteiger partial charge is 0.243 e. The molecule has 4 rings (SSSR count). The molecule has 1 aliphatic rings. The van der Waals surface area contributed by atoms with Crippen molar-refractivity contribution >= 4 is 26.7 Å². The highest BCUT2D eigenvalue weighted by Gasteiger charge is 2.30. The normalized spacial score (nSPS) is 16.0. The number of piperidine rings is 1. The molecule has 2 aromatic carbocycles. The molecular formula is C22H22N2O4S. The molecule has 1 aromatic heterocycles. The fourth-order valence-corrected chi connectivity index (χ4v) is 5.08. The van der Waals surface area contributed by atoms with Crippen molar-refractivity contribution in [3.8, 4) is 5.75 Å². The predicted molar refractivity (Wildman–Crippen MR) is 111 cm³/mol. The Morgan fingerprint density at radius 1 is 1.07 bits per heavy atom. The third kappa shape index (κ3) is 4.02. The summed E-state index contributed by atoms with van der Waals surface area (Å²) in [4.78, 5) is 16.1. The molecule has 0 aliphatic carbocycles. The third-order valence-electron chi connectivity index (χ3n) is 5.17. The third-order valence-corrected chi connectivity index (χ3v) is 7.06. The fourth-order valence-electron chi connectivity index (χ4n) is 3.57. The number of ketones is 1. The minimum Gasteiger partial charge on any atom is -0.488 e. The highest BCUT2D eigenvalue weighted by Crippen LogP contribution is 2.28. The lowest BCUT2D eigenvalue weighted by Gasteiger charge is -2.31. The number of fused-ring (bicyclic) bond motifs is 1. The van der Waals surface area contributed by atoms with Gasteiger partial charge in [-0.1, -0.05) is 30.3 Å². The van der Waals surface area contributed by atoms with Gasteiger partial charge in [0.1, 0.15) is 17.4 Å². The van der Waals surface area contributed by atoms with Gasteiger partial charge in [0.25, 0.3) is 0 Å². The number of ether oxygens (including phenoxy) is 1. The number of rotatable bonds is 5. The Kier molecular flexibility index (Phi) is 5.34. The predicted octanol–water partition coefficient (Wildman–Crippen LogP) is 3.67. The van der Waals surface area contributed by atoms with Crippen LogP contribution in [0.1, 0.15) is 30.1 Å². The summed E-state index contributed by atoms with van der Waals surface area (Å²) < 4.78 is 33.6. The quantitative estimate of drug-likeness (QED) is 0.600. The van der Waals surface area contributed by atoms with Gasteiger partial charge in [-0.25, -0.2) is 8.42 Å². The molecule has 0 unspecified atom stereocenters. The minimum absolute atomic E-state index is 0.0717. The Bertz CT molecular complexity index is 1150. The maximum Gasteiger partial charge on any atom is 0.243 e. The summed E-state index contributed by atoms with van der Waals surface area (Å²) in [6, 6.07) is 15.9. The van der Waals surface area contributed by atoms with E-state index in [1.165, 1.54) is 23.4 Å². The van der Waals surface area contributed by atoms with E-state index in [2.05, 4.69) is 4.98 Å². The van der Waals surface area contributed by atoms with E-state index in [1.807, 2.05) is 30.3 Å². The lowest BCUT2D eigenvalue weighted by atomic mass is 10.1. The van der Waals surface area contributed by atoms with Gasteiger partial charge in [0.15, 0.2) is 5.78 Å². The first kappa shape index (κ1) is 19.5. The van der Waals surface area contributed by atoms with Crippen LogP contribution in [-0.2, 0) is 10.0 Å². The van der Waals surface area contributed by atoms with Gasteiger partial charge in [-0.15, -0.1) is 0 Å². The summed E-state index contributed by atoms with van der Waals surface area (Å²) in [5.74, 6) is 0.566. The molecule has 1 saturated heterocycles. The number of aromatic nitrogens is 1. The number of pyridine rings is 1. The number of hydrogen-bond donors (Lipinski definition) is 0. The molecule has 0 saturated carbocycles. The van der Waals surface area contributed by atoms with Crippen LogP contribution in [0.3, 0.4) is 0 Å². The Balaban J connectivity index is 1.46. The summed E-state index contributed by atoms with van der Waals surface area (Å²) in [6.45, 7) is 2.17. The van der Waals surface area contributed by atoms with Crippen molar-refractivity contribution in [1.29, 1.82) is 0 Å². The summed E-state index contributed by atoms with van der Waals surface area (Å²) >= 11 is 0. The second-order valence-electron chi connectivity index (χ2n) is 7.14. The molecule has 150 valence electrons. The molecule has 7 heteroatoms. The van der Waals surface area contributed by atoms with E-state index in [0.717, 1.165) is 16.7 Å². The molecule has 1 fully saturated rings. The molecule has 0 bridgehead atoms. The van der Waals surface area contributed by atoms with Crippen LogP contribution in [0.15, 0.2) is 65.7 Å². The number of Topliss-reactive ketones (excluding diaryl/α,β-unsaturated/α-hetero) is 1. The van der Waals surface area contributed by atoms with E-state index in [0.29, 0.717) is 31.5 Å². The van der Waals surface area contributed by atoms with Gasteiger partial charge in [0.2, 0.25) is 10.0 Å². The van der Waals surface area contributed by atoms with E-state index in [-0.39, 0.29) is 16.8 Å². The summed E-state index contributed by atoms with van der Waals surface area (Å²) in [5.41, 5.74) is 1.21. The van der Waals surface area contributed by atoms with Crippen molar-refractivity contribution in [2.45, 2.75) is 30.8 Å². The van der Waals surface area contributed by atoms with E-state index in [1.54, 1.807) is 18.3 Å². The Hall–Kier alpha value is -2.77. The Morgan fingerprint density at radius 2 is 1.79 bits per heavy atom. The van der Waals surface area contributed by atoms with Gasteiger partial charge in [-0.2, -0.15) is 4.31 Å². The van der Waals surface area contributed by atoms with Crippen molar-refractivity contribution in [2.24, 2.45) is 0 Å². The second-order valence-corrected chi connectivity index (χ2v) is 9.07. The zero-order valence-corrected chi connectivity index (χ0v) is 16.9. The number of hydrogen-bond acceptors (Lipinski definition) is 5. The van der Waals surface area contributed by atoms with Crippen LogP contribution in [0.2, 0.25) is 0 Å². The minimum atomic E-state index is -3.64. The molecule has 2 heterocycles. The molecule has 29 heavy (non-hydrogen) atoms. The fraction of sp³-hybridized carbons (Fsp3) is 0.273. The Morgan fingerprint density at radius 3 is 2.55 bits per heavy atom. The first-order chi connectivity index (χ1) is 13.9. The number of nitrogens with zero attached hydrogens (tertiary/aromatic N) is 2. The monoisotopic (exact) mass is 410 g/mol. The van der Waals surface area contributed by atoms with Crippen LogP contribution in [0.5, 0.6) is 5.75 Å². The van der Waals surface area contributed by atoms with Crippen molar-refractivity contribution in [1.82, 2.24) is 9.29 Å². The van der Waals surface area contributed by atoms with Gasteiger partial charge >= 0.3 is 0 Å². The summed E-state index contributed by atoms with van der Waals surface area (Å²) in [6.07, 6.45) is 2.85. The lowest BCUT2D eigenvalue weighted by Crippen LogP contribution is -2.41. The molecule has 0 atom stereocenters. The SMILES string of the molecule is CC(=O)c1cccc(S(=O)(=O)N2CCC(Oc3cccc4cccnc34)CC2)c1. The number of benzene rings is 2. The molecule has 0 spiro atoms. The largest absolute Gasteiger partial charge is 0.488 e.